The Hall–Kier alpha value is -1.68. The molecule has 4 nitrogen and oxygen atoms in total. The summed E-state index contributed by atoms with van der Waals surface area (Å²) in [5.41, 5.74) is 0.327. The van der Waals surface area contributed by atoms with Crippen LogP contribution in [0.2, 0.25) is 5.02 Å². The molecule has 1 N–H and O–H groups in total. The van der Waals surface area contributed by atoms with Crippen LogP contribution < -0.4 is 4.74 Å². The minimum absolute atomic E-state index is 0.194. The van der Waals surface area contributed by atoms with E-state index < -0.39 is 5.97 Å². The molecule has 0 radical (unpaired) electrons. The number of methoxy groups -OCH3 is 1. The van der Waals surface area contributed by atoms with Crippen molar-refractivity contribution in [3.8, 4) is 5.75 Å². The normalized spacial score (nSPS) is 10.5. The molecule has 0 amide bonds. The number of carboxylic acid groups (broad SMARTS) is 1. The topological polar surface area (TPSA) is 59.7 Å². The summed E-state index contributed by atoms with van der Waals surface area (Å²) >= 11 is 5.86. The van der Waals surface area contributed by atoms with Crippen molar-refractivity contribution < 1.29 is 19.1 Å². The highest BCUT2D eigenvalue weighted by molar-refractivity contribution is 6.35. The number of hydrogen-bond acceptors (Lipinski definition) is 3. The molecule has 0 aliphatic heterocycles. The van der Waals surface area contributed by atoms with E-state index in [4.69, 9.17) is 25.9 Å². The zero-order chi connectivity index (χ0) is 11.0. The number of ether oxygens (including phenoxy) is 1. The Morgan fingerprint density at radius 1 is 1.53 bits per heavy atom. The fourth-order valence-electron chi connectivity index (χ4n) is 1.41. The van der Waals surface area contributed by atoms with Crippen molar-refractivity contribution in [2.75, 3.05) is 7.11 Å². The summed E-state index contributed by atoms with van der Waals surface area (Å²) in [6, 6.07) is 5.02. The lowest BCUT2D eigenvalue weighted by Gasteiger charge is -1.96. The van der Waals surface area contributed by atoms with E-state index in [2.05, 4.69) is 0 Å². The highest BCUT2D eigenvalue weighted by atomic mass is 35.5. The third kappa shape index (κ3) is 1.43. The minimum Gasteiger partial charge on any atom is -0.492 e. The number of furan rings is 1. The van der Waals surface area contributed by atoms with Crippen LogP contribution in [0, 0.1) is 0 Å². The Kier molecular flexibility index (Phi) is 2.28. The van der Waals surface area contributed by atoms with Crippen LogP contribution in [0.1, 0.15) is 10.6 Å². The van der Waals surface area contributed by atoms with E-state index in [1.54, 1.807) is 18.2 Å². The Bertz CT molecular complexity index is 529. The molecule has 1 aromatic carbocycles. The molecule has 0 fully saturated rings. The minimum atomic E-state index is -1.18. The number of para-hydroxylation sites is 1. The van der Waals surface area contributed by atoms with E-state index >= 15 is 0 Å². The molecule has 0 atom stereocenters. The molecule has 0 saturated heterocycles. The Balaban J connectivity index is 2.84. The molecule has 0 bridgehead atoms. The molecule has 2 rings (SSSR count). The number of carbonyl (C=O) groups is 1. The van der Waals surface area contributed by atoms with Crippen LogP contribution in [-0.2, 0) is 0 Å². The number of fused-ring (bicyclic) bond motifs is 1. The first-order chi connectivity index (χ1) is 7.15. The predicted molar refractivity (Wildman–Crippen MR) is 54.7 cm³/mol. The second-order valence-electron chi connectivity index (χ2n) is 2.89. The van der Waals surface area contributed by atoms with Gasteiger partial charge in [-0.15, -0.1) is 0 Å². The Morgan fingerprint density at radius 2 is 2.27 bits per heavy atom. The van der Waals surface area contributed by atoms with Crippen molar-refractivity contribution in [2.45, 2.75) is 0 Å². The summed E-state index contributed by atoms with van der Waals surface area (Å²) < 4.78 is 10.1. The lowest BCUT2D eigenvalue weighted by molar-refractivity contribution is 0.0660. The van der Waals surface area contributed by atoms with E-state index in [0.29, 0.717) is 16.0 Å². The molecule has 1 heterocycles. The van der Waals surface area contributed by atoms with Gasteiger partial charge in [-0.3, -0.25) is 0 Å². The number of hydrogen-bond donors (Lipinski definition) is 1. The summed E-state index contributed by atoms with van der Waals surface area (Å²) in [7, 11) is 1.39. The summed E-state index contributed by atoms with van der Waals surface area (Å²) in [4.78, 5) is 10.8. The van der Waals surface area contributed by atoms with Gasteiger partial charge in [-0.05, 0) is 12.1 Å². The zero-order valence-corrected chi connectivity index (χ0v) is 8.54. The van der Waals surface area contributed by atoms with Gasteiger partial charge in [-0.1, -0.05) is 17.7 Å². The van der Waals surface area contributed by atoms with Gasteiger partial charge in [0.1, 0.15) is 0 Å². The molecule has 0 spiro atoms. The van der Waals surface area contributed by atoms with Crippen molar-refractivity contribution >= 4 is 28.5 Å². The summed E-state index contributed by atoms with van der Waals surface area (Å²) in [5.74, 6) is -1.22. The van der Waals surface area contributed by atoms with Crippen molar-refractivity contribution in [1.29, 1.82) is 0 Å². The average Bonchev–Trinajstić information content (AvgIpc) is 2.57. The standard InChI is InChI=1S/C10H7ClO4/c1-14-8-5-3-2-4-6(11)7(5)15-9(8)10(12)13/h2-4H,1H3,(H,12,13). The van der Waals surface area contributed by atoms with E-state index in [9.17, 15) is 4.79 Å². The molecule has 78 valence electrons. The number of rotatable bonds is 2. The first-order valence-electron chi connectivity index (χ1n) is 4.13. The van der Waals surface area contributed by atoms with Crippen LogP contribution in [0.25, 0.3) is 11.0 Å². The molecule has 15 heavy (non-hydrogen) atoms. The third-order valence-electron chi connectivity index (χ3n) is 2.02. The summed E-state index contributed by atoms with van der Waals surface area (Å²) in [6.07, 6.45) is 0. The second kappa shape index (κ2) is 3.47. The van der Waals surface area contributed by atoms with Crippen molar-refractivity contribution in [1.82, 2.24) is 0 Å². The van der Waals surface area contributed by atoms with Gasteiger partial charge in [0.05, 0.1) is 17.5 Å². The SMILES string of the molecule is COc1c(C(=O)O)oc2c(Cl)cccc12. The lowest BCUT2D eigenvalue weighted by atomic mass is 10.2. The van der Waals surface area contributed by atoms with E-state index in [1.807, 2.05) is 0 Å². The van der Waals surface area contributed by atoms with Crippen LogP contribution in [0.5, 0.6) is 5.75 Å². The first-order valence-corrected chi connectivity index (χ1v) is 4.51. The van der Waals surface area contributed by atoms with Gasteiger partial charge in [0.25, 0.3) is 5.76 Å². The molecular formula is C10H7ClO4. The van der Waals surface area contributed by atoms with E-state index in [1.165, 1.54) is 7.11 Å². The average molecular weight is 227 g/mol. The summed E-state index contributed by atoms with van der Waals surface area (Å²) in [5, 5.41) is 9.79. The highest BCUT2D eigenvalue weighted by Crippen LogP contribution is 2.36. The van der Waals surface area contributed by atoms with Crippen LogP contribution in [0.4, 0.5) is 0 Å². The molecule has 0 aliphatic carbocycles. The zero-order valence-electron chi connectivity index (χ0n) is 7.78. The van der Waals surface area contributed by atoms with Crippen LogP contribution in [0.3, 0.4) is 0 Å². The molecule has 1 aromatic heterocycles. The van der Waals surface area contributed by atoms with Crippen molar-refractivity contribution in [2.24, 2.45) is 0 Å². The highest BCUT2D eigenvalue weighted by Gasteiger charge is 2.21. The molecule has 0 aliphatic rings. The van der Waals surface area contributed by atoms with Gasteiger partial charge in [-0.2, -0.15) is 0 Å². The molecule has 5 heteroatoms. The summed E-state index contributed by atoms with van der Waals surface area (Å²) in [6.45, 7) is 0. The fraction of sp³-hybridized carbons (Fsp3) is 0.100. The predicted octanol–water partition coefficient (Wildman–Crippen LogP) is 2.79. The van der Waals surface area contributed by atoms with Gasteiger partial charge in [0, 0.05) is 0 Å². The van der Waals surface area contributed by atoms with Crippen molar-refractivity contribution in [3.63, 3.8) is 0 Å². The quantitative estimate of drug-likeness (QED) is 0.855. The molecule has 2 aromatic rings. The molecule has 0 unspecified atom stereocenters. The van der Waals surface area contributed by atoms with Gasteiger partial charge in [0.2, 0.25) is 0 Å². The van der Waals surface area contributed by atoms with Gasteiger partial charge >= 0.3 is 5.97 Å². The Labute approximate surface area is 90.0 Å². The van der Waals surface area contributed by atoms with Gasteiger partial charge in [-0.25, -0.2) is 4.79 Å². The van der Waals surface area contributed by atoms with Gasteiger partial charge in [0.15, 0.2) is 11.3 Å². The second-order valence-corrected chi connectivity index (χ2v) is 3.29. The smallest absolute Gasteiger partial charge is 0.375 e. The maximum Gasteiger partial charge on any atom is 0.375 e. The van der Waals surface area contributed by atoms with Gasteiger partial charge < -0.3 is 14.3 Å². The maximum atomic E-state index is 10.8. The largest absolute Gasteiger partial charge is 0.492 e. The van der Waals surface area contributed by atoms with Crippen LogP contribution >= 0.6 is 11.6 Å². The number of benzene rings is 1. The molecule has 0 saturated carbocycles. The monoisotopic (exact) mass is 226 g/mol. The Morgan fingerprint density at radius 3 is 2.87 bits per heavy atom. The first kappa shape index (κ1) is 9.86. The van der Waals surface area contributed by atoms with E-state index in [0.717, 1.165) is 0 Å². The molecular weight excluding hydrogens is 220 g/mol. The van der Waals surface area contributed by atoms with Crippen LogP contribution in [0.15, 0.2) is 22.6 Å². The van der Waals surface area contributed by atoms with Crippen LogP contribution in [-0.4, -0.2) is 18.2 Å². The van der Waals surface area contributed by atoms with Crippen molar-refractivity contribution in [3.05, 3.63) is 29.0 Å². The van der Waals surface area contributed by atoms with E-state index in [-0.39, 0.29) is 11.5 Å². The number of aromatic carboxylic acids is 1. The third-order valence-corrected chi connectivity index (χ3v) is 2.32. The fourth-order valence-corrected chi connectivity index (χ4v) is 1.62. The number of carboxylic acids is 1. The lowest BCUT2D eigenvalue weighted by Crippen LogP contribution is -1.96. The maximum absolute atomic E-state index is 10.8. The number of halogens is 1.